The van der Waals surface area contributed by atoms with Crippen molar-refractivity contribution in [2.24, 2.45) is 5.92 Å². The van der Waals surface area contributed by atoms with Crippen molar-refractivity contribution in [2.45, 2.75) is 52.2 Å². The molecule has 1 aliphatic rings. The van der Waals surface area contributed by atoms with Crippen LogP contribution in [0.3, 0.4) is 0 Å². The maximum absolute atomic E-state index is 3.68. The predicted molar refractivity (Wildman–Crippen MR) is 82.3 cm³/mol. The van der Waals surface area contributed by atoms with Crippen LogP contribution in [-0.4, -0.2) is 29.6 Å². The van der Waals surface area contributed by atoms with Gasteiger partial charge in [-0.05, 0) is 32.3 Å². The standard InChI is InChI=1S/C17H28N2/c1-13(2)16-11-18-17(4,5)12-19(16)14(3)15-9-7-6-8-10-15/h6-10,13-14,16,18H,11-12H2,1-5H3. The highest BCUT2D eigenvalue weighted by molar-refractivity contribution is 5.19. The van der Waals surface area contributed by atoms with Crippen molar-refractivity contribution in [1.29, 1.82) is 0 Å². The van der Waals surface area contributed by atoms with E-state index >= 15 is 0 Å². The quantitative estimate of drug-likeness (QED) is 0.895. The van der Waals surface area contributed by atoms with E-state index in [-0.39, 0.29) is 5.54 Å². The van der Waals surface area contributed by atoms with Crippen molar-refractivity contribution in [3.05, 3.63) is 35.9 Å². The Balaban J connectivity index is 2.22. The molecule has 2 nitrogen and oxygen atoms in total. The van der Waals surface area contributed by atoms with Crippen molar-refractivity contribution in [1.82, 2.24) is 10.2 Å². The molecular weight excluding hydrogens is 232 g/mol. The van der Waals surface area contributed by atoms with Crippen molar-refractivity contribution >= 4 is 0 Å². The van der Waals surface area contributed by atoms with Gasteiger partial charge in [0, 0.05) is 30.7 Å². The molecule has 1 heterocycles. The first-order valence-electron chi connectivity index (χ1n) is 7.46. The zero-order valence-electron chi connectivity index (χ0n) is 13.0. The van der Waals surface area contributed by atoms with Gasteiger partial charge in [0.05, 0.1) is 0 Å². The fraction of sp³-hybridized carbons (Fsp3) is 0.647. The second-order valence-electron chi connectivity index (χ2n) is 6.84. The molecule has 0 saturated carbocycles. The van der Waals surface area contributed by atoms with Crippen LogP contribution in [0.2, 0.25) is 0 Å². The van der Waals surface area contributed by atoms with E-state index in [0.29, 0.717) is 18.0 Å². The minimum atomic E-state index is 0.203. The third-order valence-electron chi connectivity index (χ3n) is 4.34. The second kappa shape index (κ2) is 5.64. The lowest BCUT2D eigenvalue weighted by atomic mass is 9.90. The van der Waals surface area contributed by atoms with Gasteiger partial charge in [0.1, 0.15) is 0 Å². The van der Waals surface area contributed by atoms with E-state index in [1.165, 1.54) is 5.56 Å². The molecule has 2 heteroatoms. The second-order valence-corrected chi connectivity index (χ2v) is 6.84. The van der Waals surface area contributed by atoms with Crippen molar-refractivity contribution in [3.8, 4) is 0 Å². The van der Waals surface area contributed by atoms with Gasteiger partial charge < -0.3 is 5.32 Å². The number of piperazine rings is 1. The predicted octanol–water partition coefficient (Wildman–Crippen LogP) is 3.46. The Bertz CT molecular complexity index is 397. The summed E-state index contributed by atoms with van der Waals surface area (Å²) < 4.78 is 0. The number of benzene rings is 1. The first-order chi connectivity index (χ1) is 8.91. The van der Waals surface area contributed by atoms with Crippen LogP contribution in [0.15, 0.2) is 30.3 Å². The van der Waals surface area contributed by atoms with Crippen LogP contribution in [0.4, 0.5) is 0 Å². The Labute approximate surface area is 118 Å². The molecule has 106 valence electrons. The molecule has 0 radical (unpaired) electrons. The third-order valence-corrected chi connectivity index (χ3v) is 4.34. The van der Waals surface area contributed by atoms with Crippen LogP contribution in [0.25, 0.3) is 0 Å². The van der Waals surface area contributed by atoms with Gasteiger partial charge in [-0.3, -0.25) is 4.90 Å². The average Bonchev–Trinajstić information content (AvgIpc) is 2.37. The Hall–Kier alpha value is -0.860. The topological polar surface area (TPSA) is 15.3 Å². The van der Waals surface area contributed by atoms with Crippen LogP contribution in [0.1, 0.15) is 46.2 Å². The normalized spacial score (nSPS) is 25.5. The fourth-order valence-corrected chi connectivity index (χ4v) is 3.09. The Morgan fingerprint density at radius 1 is 1.16 bits per heavy atom. The van der Waals surface area contributed by atoms with E-state index in [2.05, 4.69) is 75.2 Å². The molecule has 1 fully saturated rings. The molecular formula is C17H28N2. The SMILES string of the molecule is CC(C)C1CNC(C)(C)CN1C(C)c1ccccc1. The van der Waals surface area contributed by atoms with E-state index in [4.69, 9.17) is 0 Å². The van der Waals surface area contributed by atoms with Crippen LogP contribution in [-0.2, 0) is 0 Å². The zero-order valence-corrected chi connectivity index (χ0v) is 13.0. The van der Waals surface area contributed by atoms with Crippen LogP contribution >= 0.6 is 0 Å². The summed E-state index contributed by atoms with van der Waals surface area (Å²) in [4.78, 5) is 2.68. The van der Waals surface area contributed by atoms with E-state index < -0.39 is 0 Å². The molecule has 1 saturated heterocycles. The number of rotatable bonds is 3. The molecule has 1 aromatic carbocycles. The fourth-order valence-electron chi connectivity index (χ4n) is 3.09. The lowest BCUT2D eigenvalue weighted by molar-refractivity contribution is 0.0371. The molecule has 0 spiro atoms. The molecule has 0 aliphatic carbocycles. The Morgan fingerprint density at radius 3 is 2.37 bits per heavy atom. The Morgan fingerprint density at radius 2 is 1.79 bits per heavy atom. The summed E-state index contributed by atoms with van der Waals surface area (Å²) in [6, 6.07) is 12.0. The lowest BCUT2D eigenvalue weighted by Gasteiger charge is -2.49. The first-order valence-corrected chi connectivity index (χ1v) is 7.46. The van der Waals surface area contributed by atoms with Gasteiger partial charge in [0.2, 0.25) is 0 Å². The molecule has 0 amide bonds. The number of hydrogen-bond acceptors (Lipinski definition) is 2. The number of nitrogens with zero attached hydrogens (tertiary/aromatic N) is 1. The smallest absolute Gasteiger partial charge is 0.0324 e. The number of nitrogens with one attached hydrogen (secondary N) is 1. The van der Waals surface area contributed by atoms with E-state index in [0.717, 1.165) is 13.1 Å². The maximum Gasteiger partial charge on any atom is 0.0324 e. The van der Waals surface area contributed by atoms with Gasteiger partial charge in [-0.2, -0.15) is 0 Å². The van der Waals surface area contributed by atoms with Crippen LogP contribution in [0.5, 0.6) is 0 Å². The third kappa shape index (κ3) is 3.37. The maximum atomic E-state index is 3.68. The molecule has 2 rings (SSSR count). The summed E-state index contributed by atoms with van der Waals surface area (Å²) in [5.74, 6) is 0.676. The largest absolute Gasteiger partial charge is 0.309 e. The molecule has 1 N–H and O–H groups in total. The summed E-state index contributed by atoms with van der Waals surface area (Å²) in [7, 11) is 0. The minimum absolute atomic E-state index is 0.203. The molecule has 2 unspecified atom stereocenters. The van der Waals surface area contributed by atoms with Crippen molar-refractivity contribution in [3.63, 3.8) is 0 Å². The van der Waals surface area contributed by atoms with Gasteiger partial charge >= 0.3 is 0 Å². The summed E-state index contributed by atoms with van der Waals surface area (Å²) in [5.41, 5.74) is 1.62. The zero-order chi connectivity index (χ0) is 14.0. The molecule has 1 aromatic rings. The minimum Gasteiger partial charge on any atom is -0.309 e. The van der Waals surface area contributed by atoms with E-state index in [1.807, 2.05) is 0 Å². The molecule has 2 atom stereocenters. The highest BCUT2D eigenvalue weighted by Gasteiger charge is 2.36. The number of hydrogen-bond donors (Lipinski definition) is 1. The van der Waals surface area contributed by atoms with Gasteiger partial charge in [-0.15, -0.1) is 0 Å². The summed E-state index contributed by atoms with van der Waals surface area (Å²) >= 11 is 0. The highest BCUT2D eigenvalue weighted by Crippen LogP contribution is 2.29. The average molecular weight is 260 g/mol. The van der Waals surface area contributed by atoms with Crippen LogP contribution < -0.4 is 5.32 Å². The van der Waals surface area contributed by atoms with Gasteiger partial charge in [-0.1, -0.05) is 44.2 Å². The molecule has 0 aromatic heterocycles. The molecule has 19 heavy (non-hydrogen) atoms. The van der Waals surface area contributed by atoms with Gasteiger partial charge in [-0.25, -0.2) is 0 Å². The van der Waals surface area contributed by atoms with E-state index in [9.17, 15) is 0 Å². The molecule has 1 aliphatic heterocycles. The van der Waals surface area contributed by atoms with Gasteiger partial charge in [0.25, 0.3) is 0 Å². The molecule has 0 bridgehead atoms. The van der Waals surface area contributed by atoms with Crippen molar-refractivity contribution in [2.75, 3.05) is 13.1 Å². The van der Waals surface area contributed by atoms with E-state index in [1.54, 1.807) is 0 Å². The Kier molecular flexibility index (Phi) is 4.32. The summed E-state index contributed by atoms with van der Waals surface area (Å²) in [5, 5.41) is 3.68. The highest BCUT2D eigenvalue weighted by atomic mass is 15.3. The lowest BCUT2D eigenvalue weighted by Crippen LogP contribution is -2.63. The monoisotopic (exact) mass is 260 g/mol. The first kappa shape index (κ1) is 14.5. The van der Waals surface area contributed by atoms with Crippen molar-refractivity contribution < 1.29 is 0 Å². The summed E-state index contributed by atoms with van der Waals surface area (Å²) in [6.45, 7) is 13.8. The summed E-state index contributed by atoms with van der Waals surface area (Å²) in [6.07, 6.45) is 0. The van der Waals surface area contributed by atoms with Crippen LogP contribution in [0, 0.1) is 5.92 Å². The van der Waals surface area contributed by atoms with Gasteiger partial charge in [0.15, 0.2) is 0 Å².